The van der Waals surface area contributed by atoms with Gasteiger partial charge < -0.3 is 24.7 Å². The van der Waals surface area contributed by atoms with Gasteiger partial charge in [-0.25, -0.2) is 4.79 Å². The molecule has 7 nitrogen and oxygen atoms in total. The van der Waals surface area contributed by atoms with Crippen molar-refractivity contribution in [3.63, 3.8) is 0 Å². The van der Waals surface area contributed by atoms with Gasteiger partial charge in [-0.3, -0.25) is 4.99 Å². The maximum Gasteiger partial charge on any atom is 0.410 e. The molecule has 2 N–H and O–H groups in total. The van der Waals surface area contributed by atoms with Crippen molar-refractivity contribution in [3.05, 3.63) is 24.2 Å². The lowest BCUT2D eigenvalue weighted by Crippen LogP contribution is -2.45. The van der Waals surface area contributed by atoms with Crippen LogP contribution in [0.4, 0.5) is 4.79 Å². The number of nitrogens with zero attached hydrogens (tertiary/aromatic N) is 2. The van der Waals surface area contributed by atoms with Gasteiger partial charge in [-0.05, 0) is 39.3 Å². The number of hydrogen-bond acceptors (Lipinski definition) is 4. The third-order valence-electron chi connectivity index (χ3n) is 3.65. The highest BCUT2D eigenvalue weighted by molar-refractivity contribution is 14.0. The van der Waals surface area contributed by atoms with Crippen LogP contribution in [0, 0.1) is 0 Å². The van der Waals surface area contributed by atoms with E-state index in [2.05, 4.69) is 15.6 Å². The molecule has 1 aromatic rings. The Hall–Kier alpha value is -1.45. The lowest BCUT2D eigenvalue weighted by Gasteiger charge is -2.24. The van der Waals surface area contributed by atoms with Crippen LogP contribution < -0.4 is 10.6 Å². The predicted molar refractivity (Wildman–Crippen MR) is 109 cm³/mol. The summed E-state index contributed by atoms with van der Waals surface area (Å²) in [5, 5.41) is 6.61. The van der Waals surface area contributed by atoms with E-state index in [1.165, 1.54) is 0 Å². The van der Waals surface area contributed by atoms with Gasteiger partial charge >= 0.3 is 6.09 Å². The Morgan fingerprint density at radius 2 is 2.24 bits per heavy atom. The summed E-state index contributed by atoms with van der Waals surface area (Å²) in [6.45, 7) is 7.67. The molecule has 2 rings (SSSR count). The molecule has 0 radical (unpaired) electrons. The number of nitrogens with one attached hydrogen (secondary N) is 2. The zero-order chi connectivity index (χ0) is 17.6. The molecule has 1 aliphatic rings. The van der Waals surface area contributed by atoms with Gasteiger partial charge in [0.25, 0.3) is 0 Å². The second-order valence-corrected chi connectivity index (χ2v) is 6.88. The van der Waals surface area contributed by atoms with Crippen molar-refractivity contribution < 1.29 is 13.9 Å². The molecule has 2 heterocycles. The number of amides is 1. The van der Waals surface area contributed by atoms with Crippen LogP contribution in [0.3, 0.4) is 0 Å². The lowest BCUT2D eigenvalue weighted by atomic mass is 10.2. The van der Waals surface area contributed by atoms with Crippen molar-refractivity contribution in [2.75, 3.05) is 26.7 Å². The van der Waals surface area contributed by atoms with Crippen molar-refractivity contribution in [2.24, 2.45) is 4.99 Å². The van der Waals surface area contributed by atoms with Crippen LogP contribution in [-0.4, -0.2) is 55.3 Å². The molecule has 0 aliphatic carbocycles. The first-order valence-electron chi connectivity index (χ1n) is 8.35. The maximum atomic E-state index is 12.1. The summed E-state index contributed by atoms with van der Waals surface area (Å²) in [7, 11) is 1.74. The minimum atomic E-state index is -0.466. The van der Waals surface area contributed by atoms with Crippen LogP contribution in [-0.2, 0) is 11.2 Å². The molecule has 0 aromatic carbocycles. The molecule has 1 aromatic heterocycles. The van der Waals surface area contributed by atoms with Crippen LogP contribution in [0.1, 0.15) is 33.0 Å². The number of ether oxygens (including phenoxy) is 1. The molecule has 8 heteroatoms. The van der Waals surface area contributed by atoms with E-state index >= 15 is 0 Å². The number of carbonyl (C=O) groups is 1. The molecule has 0 spiro atoms. The smallest absolute Gasteiger partial charge is 0.410 e. The first-order chi connectivity index (χ1) is 11.4. The Labute approximate surface area is 166 Å². The highest BCUT2D eigenvalue weighted by Gasteiger charge is 2.30. The fourth-order valence-electron chi connectivity index (χ4n) is 2.52. The number of halogens is 1. The number of hydrogen-bond donors (Lipinski definition) is 2. The Morgan fingerprint density at radius 1 is 1.48 bits per heavy atom. The monoisotopic (exact) mass is 464 g/mol. The van der Waals surface area contributed by atoms with Crippen LogP contribution >= 0.6 is 24.0 Å². The summed E-state index contributed by atoms with van der Waals surface area (Å²) in [6, 6.07) is 4.01. The van der Waals surface area contributed by atoms with E-state index < -0.39 is 5.60 Å². The third kappa shape index (κ3) is 7.54. The van der Waals surface area contributed by atoms with E-state index in [0.29, 0.717) is 13.1 Å². The Balaban J connectivity index is 0.00000312. The molecule has 1 fully saturated rings. The van der Waals surface area contributed by atoms with E-state index in [4.69, 9.17) is 9.15 Å². The molecular weight excluding hydrogens is 435 g/mol. The maximum absolute atomic E-state index is 12.1. The van der Waals surface area contributed by atoms with Crippen LogP contribution in [0.15, 0.2) is 27.8 Å². The lowest BCUT2D eigenvalue weighted by molar-refractivity contribution is 0.0292. The van der Waals surface area contributed by atoms with Gasteiger partial charge in [0.05, 0.1) is 6.26 Å². The quantitative estimate of drug-likeness (QED) is 0.407. The highest BCUT2D eigenvalue weighted by atomic mass is 127. The molecule has 0 saturated carbocycles. The number of guanidine groups is 1. The molecular formula is C17H29IN4O3. The standard InChI is InChI=1S/C17H28N4O3.HI/c1-17(2,3)24-16(22)21-10-8-13(12-21)20-15(18-4)19-9-7-14-6-5-11-23-14;/h5-6,11,13H,7-10,12H2,1-4H3,(H2,18,19,20);1H. The fourth-order valence-corrected chi connectivity index (χ4v) is 2.52. The first kappa shape index (κ1) is 21.6. The predicted octanol–water partition coefficient (Wildman–Crippen LogP) is 2.61. The second kappa shape index (κ2) is 9.88. The largest absolute Gasteiger partial charge is 0.469 e. The molecule has 1 saturated heterocycles. The molecule has 25 heavy (non-hydrogen) atoms. The van der Waals surface area contributed by atoms with E-state index in [1.54, 1.807) is 18.2 Å². The van der Waals surface area contributed by atoms with E-state index in [-0.39, 0.29) is 36.1 Å². The molecule has 1 amide bonds. The van der Waals surface area contributed by atoms with Crippen LogP contribution in [0.2, 0.25) is 0 Å². The summed E-state index contributed by atoms with van der Waals surface area (Å²) in [4.78, 5) is 18.0. The molecule has 1 unspecified atom stereocenters. The Morgan fingerprint density at radius 3 is 2.84 bits per heavy atom. The molecule has 142 valence electrons. The van der Waals surface area contributed by atoms with Gasteiger partial charge in [-0.1, -0.05) is 0 Å². The Kier molecular flexibility index (Phi) is 8.54. The summed E-state index contributed by atoms with van der Waals surface area (Å²) in [5.74, 6) is 1.67. The zero-order valence-electron chi connectivity index (χ0n) is 15.4. The van der Waals surface area contributed by atoms with Gasteiger partial charge in [-0.2, -0.15) is 0 Å². The molecule has 1 atom stereocenters. The topological polar surface area (TPSA) is 79.1 Å². The van der Waals surface area contributed by atoms with Gasteiger partial charge in [0.2, 0.25) is 0 Å². The summed E-state index contributed by atoms with van der Waals surface area (Å²) in [6.07, 6.45) is 3.08. The first-order valence-corrected chi connectivity index (χ1v) is 8.35. The number of aliphatic imine (C=N–C) groups is 1. The van der Waals surface area contributed by atoms with E-state index in [9.17, 15) is 4.79 Å². The normalized spacial score (nSPS) is 17.8. The third-order valence-corrected chi connectivity index (χ3v) is 3.65. The van der Waals surface area contributed by atoms with Gasteiger partial charge in [0.15, 0.2) is 5.96 Å². The van der Waals surface area contributed by atoms with Crippen molar-refractivity contribution in [2.45, 2.75) is 45.3 Å². The van der Waals surface area contributed by atoms with Crippen molar-refractivity contribution in [1.82, 2.24) is 15.5 Å². The number of furan rings is 1. The number of rotatable bonds is 4. The van der Waals surface area contributed by atoms with Crippen LogP contribution in [0.5, 0.6) is 0 Å². The Bertz CT molecular complexity index is 555. The van der Waals surface area contributed by atoms with Gasteiger partial charge in [0, 0.05) is 39.1 Å². The van der Waals surface area contributed by atoms with Crippen molar-refractivity contribution >= 4 is 36.0 Å². The summed E-state index contributed by atoms with van der Waals surface area (Å²) < 4.78 is 10.7. The minimum Gasteiger partial charge on any atom is -0.469 e. The van der Waals surface area contributed by atoms with Crippen molar-refractivity contribution in [1.29, 1.82) is 0 Å². The van der Waals surface area contributed by atoms with Crippen LogP contribution in [0.25, 0.3) is 0 Å². The average Bonchev–Trinajstić information content (AvgIpc) is 3.15. The summed E-state index contributed by atoms with van der Waals surface area (Å²) in [5.41, 5.74) is -0.466. The van der Waals surface area contributed by atoms with E-state index in [0.717, 1.165) is 31.1 Å². The second-order valence-electron chi connectivity index (χ2n) is 6.88. The van der Waals surface area contributed by atoms with Crippen molar-refractivity contribution in [3.8, 4) is 0 Å². The highest BCUT2D eigenvalue weighted by Crippen LogP contribution is 2.15. The molecule has 1 aliphatic heterocycles. The number of carbonyl (C=O) groups excluding carboxylic acids is 1. The zero-order valence-corrected chi connectivity index (χ0v) is 17.7. The SMILES string of the molecule is CN=C(NCCc1ccco1)NC1CCN(C(=O)OC(C)(C)C)C1.I. The average molecular weight is 464 g/mol. The fraction of sp³-hybridized carbons (Fsp3) is 0.647. The number of likely N-dealkylation sites (tertiary alicyclic amines) is 1. The minimum absolute atomic E-state index is 0. The molecule has 0 bridgehead atoms. The summed E-state index contributed by atoms with van der Waals surface area (Å²) >= 11 is 0. The van der Waals surface area contributed by atoms with E-state index in [1.807, 2.05) is 32.9 Å². The van der Waals surface area contributed by atoms with Gasteiger partial charge in [-0.15, -0.1) is 24.0 Å². The van der Waals surface area contributed by atoms with Gasteiger partial charge in [0.1, 0.15) is 11.4 Å².